The molecule has 1 saturated heterocycles. The zero-order chi connectivity index (χ0) is 41.8. The maximum Gasteiger partial charge on any atom is 0.264 e. The summed E-state index contributed by atoms with van der Waals surface area (Å²) in [7, 11) is -0.859. The van der Waals surface area contributed by atoms with Crippen LogP contribution >= 0.6 is 0 Å². The molecule has 1 spiro atoms. The molecule has 3 heterocycles. The summed E-state index contributed by atoms with van der Waals surface area (Å²) in [5.74, 6) is 0.147. The minimum Gasteiger partial charge on any atom is -0.497 e. The van der Waals surface area contributed by atoms with Crippen molar-refractivity contribution in [2.75, 3.05) is 30.1 Å². The summed E-state index contributed by atoms with van der Waals surface area (Å²) in [4.78, 5) is 48.7. The van der Waals surface area contributed by atoms with Gasteiger partial charge in [0.1, 0.15) is 5.75 Å². The number of aliphatic hydroxyl groups excluding tert-OH is 1. The topological polar surface area (TPSA) is 99.6 Å². The number of anilines is 3. The van der Waals surface area contributed by atoms with Gasteiger partial charge in [-0.25, -0.2) is 0 Å². The number of carbonyl (C=O) groups is 3. The van der Waals surface area contributed by atoms with Crippen LogP contribution < -0.4 is 19.7 Å². The van der Waals surface area contributed by atoms with Crippen LogP contribution in [0.25, 0.3) is 10.8 Å². The van der Waals surface area contributed by atoms with Gasteiger partial charge in [-0.1, -0.05) is 122 Å². The van der Waals surface area contributed by atoms with Crippen molar-refractivity contribution < 1.29 is 29.0 Å². The molecule has 6 aromatic rings. The maximum atomic E-state index is 15.4. The van der Waals surface area contributed by atoms with Gasteiger partial charge in [0, 0.05) is 35.6 Å². The number of rotatable bonds is 12. The van der Waals surface area contributed by atoms with Crippen molar-refractivity contribution in [1.82, 2.24) is 4.90 Å². The second kappa shape index (κ2) is 15.5. The Morgan fingerprint density at radius 2 is 1.50 bits per heavy atom. The largest absolute Gasteiger partial charge is 0.497 e. The quantitative estimate of drug-likeness (QED) is 0.125. The molecular formula is C50H49N3O6Si. The number of methoxy groups -OCH3 is 1. The molecule has 4 atom stereocenters. The van der Waals surface area contributed by atoms with Gasteiger partial charge in [0.25, 0.3) is 11.8 Å². The van der Waals surface area contributed by atoms with Crippen molar-refractivity contribution in [3.63, 3.8) is 0 Å². The average Bonchev–Trinajstić information content (AvgIpc) is 3.82. The lowest BCUT2D eigenvalue weighted by Crippen LogP contribution is -2.52. The Morgan fingerprint density at radius 3 is 2.22 bits per heavy atom. The van der Waals surface area contributed by atoms with E-state index in [1.54, 1.807) is 16.9 Å². The van der Waals surface area contributed by atoms with Crippen molar-refractivity contribution in [2.45, 2.75) is 56.8 Å². The van der Waals surface area contributed by atoms with Crippen molar-refractivity contribution in [3.8, 4) is 5.75 Å². The van der Waals surface area contributed by atoms with Gasteiger partial charge >= 0.3 is 0 Å². The first-order valence-electron chi connectivity index (χ1n) is 20.7. The normalized spacial score (nSPS) is 20.6. The van der Waals surface area contributed by atoms with Crippen molar-refractivity contribution in [2.24, 2.45) is 5.92 Å². The second-order valence-electron chi connectivity index (χ2n) is 16.8. The molecule has 9 rings (SSSR count). The van der Waals surface area contributed by atoms with Gasteiger partial charge in [0.2, 0.25) is 5.91 Å². The lowest BCUT2D eigenvalue weighted by molar-refractivity contribution is -0.150. The number of nitrogens with zero attached hydrogens (tertiary/aromatic N) is 3. The molecule has 0 unspecified atom stereocenters. The standard InChI is InChI=1S/C50H49N3O6Si/c1-33-47(60(3,4)39-26-24-38(58-2)25-27-39)44(30-45(55)51(28-29-54)31-34-12-6-5-7-13-34)59-50(33)41-17-8-9-18-42(41)52(49(50)57)32-35-20-22-37(23-21-35)53-43-19-11-15-36-14-10-16-40(46(36)43)48(53)56/h5-27,33,44,47,54H,28-32H2,1-4H3/t33-,44+,47-,50+/m1/s1. The predicted octanol–water partition coefficient (Wildman–Crippen LogP) is 8.31. The van der Waals surface area contributed by atoms with Crippen LogP contribution in [0.4, 0.5) is 17.1 Å². The van der Waals surface area contributed by atoms with Gasteiger partial charge in [-0.05, 0) is 64.5 Å². The molecule has 304 valence electrons. The monoisotopic (exact) mass is 815 g/mol. The fraction of sp³-hybridized carbons (Fsp3) is 0.260. The van der Waals surface area contributed by atoms with Crippen molar-refractivity contribution in [3.05, 3.63) is 162 Å². The summed E-state index contributed by atoms with van der Waals surface area (Å²) in [5, 5.41) is 13.2. The molecule has 0 saturated carbocycles. The number of aliphatic hydroxyl groups is 1. The Balaban J connectivity index is 1.05. The highest BCUT2D eigenvalue weighted by Crippen LogP contribution is 2.60. The fourth-order valence-electron chi connectivity index (χ4n) is 10.2. The van der Waals surface area contributed by atoms with Crippen LogP contribution in [0, 0.1) is 5.92 Å². The molecule has 0 aromatic heterocycles. The molecule has 0 aliphatic carbocycles. The number of benzene rings is 6. The van der Waals surface area contributed by atoms with E-state index in [1.807, 2.05) is 132 Å². The number of amides is 3. The molecule has 3 amide bonds. The summed E-state index contributed by atoms with van der Waals surface area (Å²) in [6.07, 6.45) is -0.504. The molecule has 0 radical (unpaired) electrons. The first kappa shape index (κ1) is 39.4. The highest BCUT2D eigenvalue weighted by atomic mass is 28.3. The maximum absolute atomic E-state index is 15.4. The van der Waals surface area contributed by atoms with Crippen LogP contribution in [0.1, 0.15) is 40.4 Å². The van der Waals surface area contributed by atoms with Gasteiger partial charge in [0.05, 0.1) is 57.8 Å². The number of para-hydroxylation sites is 1. The fourth-order valence-corrected chi connectivity index (χ4v) is 14.3. The van der Waals surface area contributed by atoms with Crippen LogP contribution in [-0.4, -0.2) is 62.2 Å². The number of ether oxygens (including phenoxy) is 2. The highest BCUT2D eigenvalue weighted by Gasteiger charge is 2.66. The molecular weight excluding hydrogens is 767 g/mol. The third-order valence-corrected chi connectivity index (χ3v) is 17.5. The Hall–Kier alpha value is -6.07. The molecule has 3 aliphatic rings. The van der Waals surface area contributed by atoms with E-state index in [0.29, 0.717) is 18.7 Å². The number of hydrogen-bond acceptors (Lipinski definition) is 6. The van der Waals surface area contributed by atoms with E-state index in [0.717, 1.165) is 50.3 Å². The molecule has 1 N–H and O–H groups in total. The van der Waals surface area contributed by atoms with Crippen LogP contribution in [0.3, 0.4) is 0 Å². The third kappa shape index (κ3) is 6.41. The zero-order valence-corrected chi connectivity index (χ0v) is 35.4. The lowest BCUT2D eigenvalue weighted by Gasteiger charge is -2.37. The smallest absolute Gasteiger partial charge is 0.264 e. The lowest BCUT2D eigenvalue weighted by atomic mass is 9.82. The van der Waals surface area contributed by atoms with Crippen LogP contribution in [0.5, 0.6) is 5.75 Å². The Bertz CT molecular complexity index is 2590. The molecule has 0 bridgehead atoms. The molecule has 3 aliphatic heterocycles. The van der Waals surface area contributed by atoms with E-state index < -0.39 is 19.8 Å². The Kier molecular flexibility index (Phi) is 10.2. The van der Waals surface area contributed by atoms with E-state index in [1.165, 1.54) is 5.19 Å². The zero-order valence-electron chi connectivity index (χ0n) is 34.4. The summed E-state index contributed by atoms with van der Waals surface area (Å²) in [6.45, 7) is 7.42. The van der Waals surface area contributed by atoms with Gasteiger partial charge in [-0.3, -0.25) is 19.3 Å². The van der Waals surface area contributed by atoms with E-state index >= 15 is 4.79 Å². The van der Waals surface area contributed by atoms with E-state index in [4.69, 9.17) is 9.47 Å². The van der Waals surface area contributed by atoms with Crippen LogP contribution in [0.2, 0.25) is 18.6 Å². The summed E-state index contributed by atoms with van der Waals surface area (Å²) >= 11 is 0. The van der Waals surface area contributed by atoms with Crippen molar-refractivity contribution in [1.29, 1.82) is 0 Å². The molecule has 6 aromatic carbocycles. The molecule has 10 heteroatoms. The molecule has 60 heavy (non-hydrogen) atoms. The number of fused-ring (bicyclic) bond motifs is 2. The molecule has 1 fully saturated rings. The first-order valence-corrected chi connectivity index (χ1v) is 23.8. The molecule has 9 nitrogen and oxygen atoms in total. The minimum absolute atomic E-state index is 0.0595. The SMILES string of the molecule is COc1ccc([Si](C)(C)[C@H]2[C@H](CC(=O)N(CCO)Cc3ccccc3)O[C@@]3(C(=O)N(Cc4ccc(N5C(=O)c6cccc7cccc5c67)cc4)c4ccccc43)[C@@H]2C)cc1. The minimum atomic E-state index is -2.51. The summed E-state index contributed by atoms with van der Waals surface area (Å²) < 4.78 is 12.8. The van der Waals surface area contributed by atoms with Gasteiger partial charge in [0.15, 0.2) is 5.60 Å². The number of carbonyl (C=O) groups excluding carboxylic acids is 3. The van der Waals surface area contributed by atoms with E-state index in [9.17, 15) is 14.7 Å². The Labute approximate surface area is 351 Å². The van der Waals surface area contributed by atoms with E-state index in [-0.39, 0.29) is 48.8 Å². The highest BCUT2D eigenvalue weighted by molar-refractivity contribution is 6.91. The third-order valence-electron chi connectivity index (χ3n) is 13.1. The van der Waals surface area contributed by atoms with Gasteiger partial charge < -0.3 is 24.4 Å². The van der Waals surface area contributed by atoms with Crippen molar-refractivity contribution >= 4 is 58.8 Å². The number of hydrogen-bond donors (Lipinski definition) is 1. The van der Waals surface area contributed by atoms with Crippen LogP contribution in [0.15, 0.2) is 140 Å². The second-order valence-corrected chi connectivity index (χ2v) is 21.5. The predicted molar refractivity (Wildman–Crippen MR) is 238 cm³/mol. The van der Waals surface area contributed by atoms with E-state index in [2.05, 4.69) is 32.2 Å². The van der Waals surface area contributed by atoms with Crippen LogP contribution in [-0.2, 0) is 33.0 Å². The Morgan fingerprint density at radius 1 is 0.817 bits per heavy atom. The van der Waals surface area contributed by atoms with Gasteiger partial charge in [-0.15, -0.1) is 0 Å². The first-order chi connectivity index (χ1) is 29.1. The summed E-state index contributed by atoms with van der Waals surface area (Å²) in [5.41, 5.74) is 4.33. The average molecular weight is 816 g/mol. The summed E-state index contributed by atoms with van der Waals surface area (Å²) in [6, 6.07) is 45.5. The van der Waals surface area contributed by atoms with Gasteiger partial charge in [-0.2, -0.15) is 0 Å².